The van der Waals surface area contributed by atoms with Gasteiger partial charge in [0, 0.05) is 6.04 Å². The lowest BCUT2D eigenvalue weighted by Gasteiger charge is -2.33. The lowest BCUT2D eigenvalue weighted by molar-refractivity contribution is -0.126. The second-order valence-electron chi connectivity index (χ2n) is 5.06. The Bertz CT molecular complexity index is 210. The van der Waals surface area contributed by atoms with Crippen molar-refractivity contribution >= 4 is 0 Å². The molecule has 0 spiro atoms. The van der Waals surface area contributed by atoms with E-state index < -0.39 is 18.9 Å². The summed E-state index contributed by atoms with van der Waals surface area (Å²) in [6.45, 7) is 3.21. The number of halogens is 4. The molecule has 0 aliphatic heterocycles. The molecule has 0 heterocycles. The predicted molar refractivity (Wildman–Crippen MR) is 54.9 cm³/mol. The highest BCUT2D eigenvalue weighted by atomic mass is 19.3. The number of alkyl halides is 4. The second kappa shape index (κ2) is 5.34. The van der Waals surface area contributed by atoms with Crippen molar-refractivity contribution in [1.29, 1.82) is 0 Å². The zero-order valence-corrected chi connectivity index (χ0v) is 9.65. The maximum absolute atomic E-state index is 12.7. The van der Waals surface area contributed by atoms with E-state index in [9.17, 15) is 17.6 Å². The van der Waals surface area contributed by atoms with Gasteiger partial charge in [-0.3, -0.25) is 0 Å². The largest absolute Gasteiger partial charge is 0.319 e. The van der Waals surface area contributed by atoms with E-state index in [2.05, 4.69) is 19.2 Å². The van der Waals surface area contributed by atoms with Crippen LogP contribution in [0.3, 0.4) is 0 Å². The molecule has 2 unspecified atom stereocenters. The van der Waals surface area contributed by atoms with Crippen molar-refractivity contribution in [3.05, 3.63) is 0 Å². The van der Waals surface area contributed by atoms with E-state index in [0.29, 0.717) is 11.8 Å². The van der Waals surface area contributed by atoms with Crippen molar-refractivity contribution in [3.63, 3.8) is 0 Å². The van der Waals surface area contributed by atoms with Gasteiger partial charge in [-0.1, -0.05) is 13.8 Å². The van der Waals surface area contributed by atoms with Gasteiger partial charge in [0.1, 0.15) is 0 Å². The Morgan fingerprint density at radius 3 is 2.06 bits per heavy atom. The number of hydrogen-bond donors (Lipinski definition) is 1. The van der Waals surface area contributed by atoms with Crippen molar-refractivity contribution in [2.75, 3.05) is 6.54 Å². The van der Waals surface area contributed by atoms with Crippen LogP contribution >= 0.6 is 0 Å². The molecule has 1 N–H and O–H groups in total. The van der Waals surface area contributed by atoms with Crippen LogP contribution in [-0.4, -0.2) is 24.9 Å². The van der Waals surface area contributed by atoms with Crippen LogP contribution in [0, 0.1) is 11.8 Å². The van der Waals surface area contributed by atoms with Crippen LogP contribution in [-0.2, 0) is 0 Å². The van der Waals surface area contributed by atoms with E-state index in [1.165, 1.54) is 0 Å². The molecular formula is C11H19F4N. The van der Waals surface area contributed by atoms with Crippen LogP contribution in [0.4, 0.5) is 17.6 Å². The van der Waals surface area contributed by atoms with Gasteiger partial charge in [-0.25, -0.2) is 8.78 Å². The van der Waals surface area contributed by atoms with Crippen LogP contribution in [0.25, 0.3) is 0 Å². The first-order valence-corrected chi connectivity index (χ1v) is 5.70. The molecule has 0 saturated heterocycles. The van der Waals surface area contributed by atoms with E-state index >= 15 is 0 Å². The molecule has 5 heteroatoms. The van der Waals surface area contributed by atoms with Crippen LogP contribution in [0.2, 0.25) is 0 Å². The topological polar surface area (TPSA) is 12.0 Å². The molecule has 0 bridgehead atoms. The Labute approximate surface area is 93.6 Å². The standard InChI is InChI=1S/C11H19F4N/c1-7-3-8(2)5-9(4-7)16-6-11(14,15)10(12)13/h7-10,16H,3-6H2,1-2H3. The fourth-order valence-electron chi connectivity index (χ4n) is 2.47. The third-order valence-corrected chi connectivity index (χ3v) is 3.12. The summed E-state index contributed by atoms with van der Waals surface area (Å²) < 4.78 is 49.2. The minimum Gasteiger partial charge on any atom is -0.308 e. The molecule has 0 radical (unpaired) electrons. The smallest absolute Gasteiger partial charge is 0.308 e. The lowest BCUT2D eigenvalue weighted by Crippen LogP contribution is -2.45. The molecular weight excluding hydrogens is 222 g/mol. The Kier molecular flexibility index (Phi) is 4.59. The van der Waals surface area contributed by atoms with E-state index in [1.54, 1.807) is 0 Å². The van der Waals surface area contributed by atoms with Gasteiger partial charge in [-0.15, -0.1) is 0 Å². The van der Waals surface area contributed by atoms with Gasteiger partial charge in [0.05, 0.1) is 6.54 Å². The Morgan fingerprint density at radius 1 is 1.12 bits per heavy atom. The summed E-state index contributed by atoms with van der Waals surface area (Å²) in [5, 5.41) is 2.57. The zero-order chi connectivity index (χ0) is 12.3. The first-order chi connectivity index (χ1) is 7.31. The Balaban J connectivity index is 2.37. The number of nitrogens with one attached hydrogen (secondary N) is 1. The molecule has 1 aliphatic carbocycles. The lowest BCUT2D eigenvalue weighted by atomic mass is 9.80. The summed E-state index contributed by atoms with van der Waals surface area (Å²) >= 11 is 0. The van der Waals surface area contributed by atoms with Gasteiger partial charge in [-0.2, -0.15) is 8.78 Å². The summed E-state index contributed by atoms with van der Waals surface area (Å²) in [5.41, 5.74) is 0. The van der Waals surface area contributed by atoms with Crippen LogP contribution in [0.1, 0.15) is 33.1 Å². The van der Waals surface area contributed by atoms with Crippen molar-refractivity contribution < 1.29 is 17.6 Å². The van der Waals surface area contributed by atoms with E-state index in [0.717, 1.165) is 19.3 Å². The average molecular weight is 241 g/mol. The summed E-state index contributed by atoms with van der Waals surface area (Å²) in [7, 11) is 0. The van der Waals surface area contributed by atoms with Crippen LogP contribution in [0.5, 0.6) is 0 Å². The van der Waals surface area contributed by atoms with Crippen LogP contribution in [0.15, 0.2) is 0 Å². The van der Waals surface area contributed by atoms with Crippen molar-refractivity contribution in [3.8, 4) is 0 Å². The summed E-state index contributed by atoms with van der Waals surface area (Å²) in [6.07, 6.45) is -0.907. The van der Waals surface area contributed by atoms with Crippen molar-refractivity contribution in [1.82, 2.24) is 5.32 Å². The summed E-state index contributed by atoms with van der Waals surface area (Å²) in [5.74, 6) is -2.97. The third-order valence-electron chi connectivity index (χ3n) is 3.12. The first kappa shape index (κ1) is 13.7. The molecule has 1 aliphatic rings. The van der Waals surface area contributed by atoms with Crippen molar-refractivity contribution in [2.24, 2.45) is 11.8 Å². The second-order valence-corrected chi connectivity index (χ2v) is 5.06. The molecule has 1 saturated carbocycles. The van der Waals surface area contributed by atoms with Gasteiger partial charge in [0.15, 0.2) is 0 Å². The first-order valence-electron chi connectivity index (χ1n) is 5.70. The summed E-state index contributed by atoms with van der Waals surface area (Å²) in [4.78, 5) is 0. The third kappa shape index (κ3) is 3.92. The van der Waals surface area contributed by atoms with Gasteiger partial charge in [0.2, 0.25) is 0 Å². The molecule has 16 heavy (non-hydrogen) atoms. The average Bonchev–Trinajstić information content (AvgIpc) is 2.13. The number of rotatable bonds is 4. The molecule has 96 valence electrons. The van der Waals surface area contributed by atoms with Gasteiger partial charge >= 0.3 is 12.3 Å². The molecule has 0 aromatic heterocycles. The fraction of sp³-hybridized carbons (Fsp3) is 1.00. The van der Waals surface area contributed by atoms with E-state index in [-0.39, 0.29) is 6.04 Å². The molecule has 0 amide bonds. The highest BCUT2D eigenvalue weighted by Crippen LogP contribution is 2.29. The van der Waals surface area contributed by atoms with E-state index in [4.69, 9.17) is 0 Å². The fourth-order valence-corrected chi connectivity index (χ4v) is 2.47. The predicted octanol–water partition coefficient (Wildman–Crippen LogP) is 3.30. The molecule has 0 aromatic carbocycles. The normalized spacial score (nSPS) is 32.1. The minimum absolute atomic E-state index is 0.0524. The zero-order valence-electron chi connectivity index (χ0n) is 9.65. The van der Waals surface area contributed by atoms with Gasteiger partial charge in [-0.05, 0) is 31.1 Å². The number of hydrogen-bond acceptors (Lipinski definition) is 1. The molecule has 1 fully saturated rings. The molecule has 1 nitrogen and oxygen atoms in total. The molecule has 2 atom stereocenters. The Hall–Kier alpha value is -0.320. The SMILES string of the molecule is CC1CC(C)CC(NCC(F)(F)C(F)F)C1. The van der Waals surface area contributed by atoms with E-state index in [1.807, 2.05) is 0 Å². The Morgan fingerprint density at radius 2 is 1.62 bits per heavy atom. The quantitative estimate of drug-likeness (QED) is 0.745. The maximum atomic E-state index is 12.7. The van der Waals surface area contributed by atoms with Gasteiger partial charge in [0.25, 0.3) is 0 Å². The minimum atomic E-state index is -3.91. The maximum Gasteiger partial charge on any atom is 0.319 e. The van der Waals surface area contributed by atoms with Gasteiger partial charge < -0.3 is 5.32 Å². The highest BCUT2D eigenvalue weighted by molar-refractivity contribution is 4.82. The molecule has 1 rings (SSSR count). The van der Waals surface area contributed by atoms with Crippen molar-refractivity contribution in [2.45, 2.75) is 51.5 Å². The van der Waals surface area contributed by atoms with Crippen LogP contribution < -0.4 is 5.32 Å². The summed E-state index contributed by atoms with van der Waals surface area (Å²) in [6, 6.07) is -0.0524. The molecule has 0 aromatic rings. The monoisotopic (exact) mass is 241 g/mol. The highest BCUT2D eigenvalue weighted by Gasteiger charge is 2.41.